The van der Waals surface area contributed by atoms with Gasteiger partial charge < -0.3 is 19.8 Å². The van der Waals surface area contributed by atoms with Gasteiger partial charge in [-0.05, 0) is 24.1 Å². The van der Waals surface area contributed by atoms with Crippen molar-refractivity contribution < 1.29 is 24.5 Å². The zero-order valence-electron chi connectivity index (χ0n) is 11.2. The summed E-state index contributed by atoms with van der Waals surface area (Å²) in [7, 11) is 1.57. The predicted octanol–water partition coefficient (Wildman–Crippen LogP) is 1.86. The fraction of sp³-hybridized carbons (Fsp3) is 0.429. The molecule has 0 saturated carbocycles. The van der Waals surface area contributed by atoms with Crippen LogP contribution < -0.4 is 4.74 Å². The summed E-state index contributed by atoms with van der Waals surface area (Å²) in [5, 5.41) is 18.2. The lowest BCUT2D eigenvalue weighted by atomic mass is 9.84. The molecule has 0 aliphatic carbocycles. The van der Waals surface area contributed by atoms with Crippen molar-refractivity contribution in [1.82, 2.24) is 4.90 Å². The number of likely N-dealkylation sites (tertiary alicyclic amines) is 1. The number of aliphatic carboxylic acids is 1. The summed E-state index contributed by atoms with van der Waals surface area (Å²) in [5.74, 6) is -0.997. The monoisotopic (exact) mass is 279 g/mol. The number of hydrogen-bond acceptors (Lipinski definition) is 3. The molecule has 1 amide bonds. The van der Waals surface area contributed by atoms with Crippen LogP contribution in [0.1, 0.15) is 17.9 Å². The van der Waals surface area contributed by atoms with Crippen LogP contribution in [0, 0.1) is 5.92 Å². The lowest BCUT2D eigenvalue weighted by molar-refractivity contribution is -0.143. The second-order valence-electron chi connectivity index (χ2n) is 4.93. The van der Waals surface area contributed by atoms with Crippen molar-refractivity contribution in [2.45, 2.75) is 12.3 Å². The molecular formula is C14H17NO5. The third kappa shape index (κ3) is 3.01. The number of nitrogens with zero attached hydrogens (tertiary/aromatic N) is 1. The summed E-state index contributed by atoms with van der Waals surface area (Å²) in [6.07, 6.45) is -0.625. The molecule has 1 saturated heterocycles. The number of benzene rings is 1. The van der Waals surface area contributed by atoms with E-state index in [2.05, 4.69) is 0 Å². The van der Waals surface area contributed by atoms with Crippen molar-refractivity contribution >= 4 is 12.1 Å². The molecular weight excluding hydrogens is 262 g/mol. The summed E-state index contributed by atoms with van der Waals surface area (Å²) in [5.41, 5.74) is 0.933. The number of carbonyl (C=O) groups is 2. The van der Waals surface area contributed by atoms with Gasteiger partial charge in [-0.2, -0.15) is 0 Å². The quantitative estimate of drug-likeness (QED) is 0.882. The van der Waals surface area contributed by atoms with Gasteiger partial charge in [0.05, 0.1) is 13.0 Å². The van der Waals surface area contributed by atoms with Gasteiger partial charge in [-0.1, -0.05) is 12.1 Å². The van der Waals surface area contributed by atoms with Crippen LogP contribution in [0.5, 0.6) is 5.75 Å². The van der Waals surface area contributed by atoms with Crippen molar-refractivity contribution in [3.63, 3.8) is 0 Å². The number of amides is 1. The zero-order chi connectivity index (χ0) is 14.7. The van der Waals surface area contributed by atoms with E-state index >= 15 is 0 Å². The van der Waals surface area contributed by atoms with Crippen LogP contribution >= 0.6 is 0 Å². The Morgan fingerprint density at radius 3 is 2.35 bits per heavy atom. The third-order valence-corrected chi connectivity index (χ3v) is 3.66. The highest BCUT2D eigenvalue weighted by molar-refractivity contribution is 5.72. The molecule has 0 aromatic heterocycles. The number of carboxylic acid groups (broad SMARTS) is 2. The highest BCUT2D eigenvalue weighted by Crippen LogP contribution is 2.31. The van der Waals surface area contributed by atoms with Crippen LogP contribution in [0.2, 0.25) is 0 Å². The van der Waals surface area contributed by atoms with E-state index in [9.17, 15) is 9.59 Å². The molecule has 0 bridgehead atoms. The van der Waals surface area contributed by atoms with E-state index in [-0.39, 0.29) is 12.5 Å². The van der Waals surface area contributed by atoms with Gasteiger partial charge in [-0.15, -0.1) is 0 Å². The van der Waals surface area contributed by atoms with E-state index < -0.39 is 18.0 Å². The molecule has 2 atom stereocenters. The Morgan fingerprint density at radius 1 is 1.20 bits per heavy atom. The first kappa shape index (κ1) is 14.2. The van der Waals surface area contributed by atoms with Gasteiger partial charge in [-0.25, -0.2) is 4.79 Å². The molecule has 6 nitrogen and oxygen atoms in total. The van der Waals surface area contributed by atoms with Crippen LogP contribution in [0.3, 0.4) is 0 Å². The normalized spacial score (nSPS) is 22.4. The molecule has 1 heterocycles. The minimum atomic E-state index is -1.07. The van der Waals surface area contributed by atoms with Gasteiger partial charge in [0.25, 0.3) is 0 Å². The lowest BCUT2D eigenvalue weighted by Crippen LogP contribution is -2.44. The van der Waals surface area contributed by atoms with Gasteiger partial charge >= 0.3 is 12.1 Å². The van der Waals surface area contributed by atoms with E-state index in [4.69, 9.17) is 14.9 Å². The number of piperidine rings is 1. The van der Waals surface area contributed by atoms with E-state index in [1.54, 1.807) is 19.2 Å². The van der Waals surface area contributed by atoms with E-state index in [0.717, 1.165) is 11.3 Å². The van der Waals surface area contributed by atoms with Crippen LogP contribution in [0.25, 0.3) is 0 Å². The molecule has 1 aromatic rings. The number of ether oxygens (including phenoxy) is 1. The summed E-state index contributed by atoms with van der Waals surface area (Å²) in [4.78, 5) is 23.5. The van der Waals surface area contributed by atoms with Gasteiger partial charge in [0.1, 0.15) is 5.75 Å². The minimum Gasteiger partial charge on any atom is -0.497 e. The number of carboxylic acids is 1. The van der Waals surface area contributed by atoms with Crippen molar-refractivity contribution in [2.24, 2.45) is 5.92 Å². The molecule has 108 valence electrons. The van der Waals surface area contributed by atoms with Crippen molar-refractivity contribution in [2.75, 3.05) is 20.2 Å². The third-order valence-electron chi connectivity index (χ3n) is 3.66. The highest BCUT2D eigenvalue weighted by atomic mass is 16.5. The average molecular weight is 279 g/mol. The van der Waals surface area contributed by atoms with E-state index in [0.29, 0.717) is 13.0 Å². The maximum absolute atomic E-state index is 11.2. The van der Waals surface area contributed by atoms with Crippen LogP contribution in [-0.2, 0) is 4.79 Å². The van der Waals surface area contributed by atoms with Gasteiger partial charge in [0, 0.05) is 19.0 Å². The molecule has 1 aromatic carbocycles. The largest absolute Gasteiger partial charge is 0.497 e. The maximum atomic E-state index is 11.2. The number of hydrogen-bond donors (Lipinski definition) is 2. The molecule has 2 rings (SSSR count). The van der Waals surface area contributed by atoms with Gasteiger partial charge in [-0.3, -0.25) is 4.79 Å². The minimum absolute atomic E-state index is 0.0529. The Bertz CT molecular complexity index is 477. The van der Waals surface area contributed by atoms with Crippen LogP contribution in [0.4, 0.5) is 4.79 Å². The summed E-state index contributed by atoms with van der Waals surface area (Å²) in [6, 6.07) is 7.30. The molecule has 0 radical (unpaired) electrons. The fourth-order valence-corrected chi connectivity index (χ4v) is 2.55. The standard InChI is InChI=1S/C14H17NO5/c1-20-12-4-2-9(3-5-12)10-6-11(13(16)17)8-15(7-10)14(18)19/h2-5,10-11H,6-8H2,1H3,(H,16,17)(H,18,19). The summed E-state index contributed by atoms with van der Waals surface area (Å²) in [6.45, 7) is 0.378. The maximum Gasteiger partial charge on any atom is 0.407 e. The van der Waals surface area contributed by atoms with E-state index in [1.807, 2.05) is 12.1 Å². The topological polar surface area (TPSA) is 87.1 Å². The molecule has 0 spiro atoms. The molecule has 6 heteroatoms. The second-order valence-corrected chi connectivity index (χ2v) is 4.93. The molecule has 2 unspecified atom stereocenters. The summed E-state index contributed by atoms with van der Waals surface area (Å²) < 4.78 is 5.08. The SMILES string of the molecule is COc1ccc(C2CC(C(=O)O)CN(C(=O)O)C2)cc1. The molecule has 1 aliphatic rings. The van der Waals surface area contributed by atoms with E-state index in [1.165, 1.54) is 4.90 Å². The number of methoxy groups -OCH3 is 1. The Kier molecular flexibility index (Phi) is 4.12. The smallest absolute Gasteiger partial charge is 0.407 e. The van der Waals surface area contributed by atoms with Gasteiger partial charge in [0.15, 0.2) is 0 Å². The number of rotatable bonds is 3. The predicted molar refractivity (Wildman–Crippen MR) is 71.1 cm³/mol. The van der Waals surface area contributed by atoms with Crippen LogP contribution in [-0.4, -0.2) is 47.4 Å². The first-order valence-electron chi connectivity index (χ1n) is 6.36. The molecule has 1 aliphatic heterocycles. The molecule has 1 fully saturated rings. The van der Waals surface area contributed by atoms with Crippen molar-refractivity contribution in [3.8, 4) is 5.75 Å². The molecule has 20 heavy (non-hydrogen) atoms. The highest BCUT2D eigenvalue weighted by Gasteiger charge is 2.34. The van der Waals surface area contributed by atoms with Crippen LogP contribution in [0.15, 0.2) is 24.3 Å². The average Bonchev–Trinajstić information content (AvgIpc) is 2.46. The fourth-order valence-electron chi connectivity index (χ4n) is 2.55. The Balaban J connectivity index is 2.19. The molecule has 2 N–H and O–H groups in total. The Morgan fingerprint density at radius 2 is 1.85 bits per heavy atom. The van der Waals surface area contributed by atoms with Crippen molar-refractivity contribution in [3.05, 3.63) is 29.8 Å². The Labute approximate surface area is 116 Å². The first-order valence-corrected chi connectivity index (χ1v) is 6.36. The zero-order valence-corrected chi connectivity index (χ0v) is 11.2. The first-order chi connectivity index (χ1) is 9.51. The Hall–Kier alpha value is -2.24. The lowest BCUT2D eigenvalue weighted by Gasteiger charge is -2.34. The second kappa shape index (κ2) is 5.81. The van der Waals surface area contributed by atoms with Gasteiger partial charge in [0.2, 0.25) is 0 Å². The van der Waals surface area contributed by atoms with Crippen molar-refractivity contribution in [1.29, 1.82) is 0 Å². The summed E-state index contributed by atoms with van der Waals surface area (Å²) >= 11 is 0.